The molecule has 0 radical (unpaired) electrons. The molecule has 2 N–H and O–H groups in total. The van der Waals surface area contributed by atoms with Gasteiger partial charge in [0.1, 0.15) is 0 Å². The molecule has 0 aliphatic heterocycles. The van der Waals surface area contributed by atoms with E-state index in [4.69, 9.17) is 10.4 Å². The molecule has 16 heavy (non-hydrogen) atoms. The van der Waals surface area contributed by atoms with Gasteiger partial charge in [-0.1, -0.05) is 18.2 Å². The Morgan fingerprint density at radius 2 is 2.00 bits per heavy atom. The second kappa shape index (κ2) is 6.83. The topological polar surface area (TPSA) is 67.5 Å². The number of rotatable bonds is 6. The number of benzene rings is 1. The molecule has 1 atom stereocenters. The van der Waals surface area contributed by atoms with E-state index in [-0.39, 0.29) is 6.61 Å². The van der Waals surface area contributed by atoms with Gasteiger partial charge < -0.3 is 15.1 Å². The van der Waals surface area contributed by atoms with Crippen molar-refractivity contribution < 1.29 is 10.2 Å². The van der Waals surface area contributed by atoms with Gasteiger partial charge in [0, 0.05) is 18.8 Å². The molecule has 0 aliphatic carbocycles. The molecule has 1 aromatic carbocycles. The third-order valence-corrected chi connectivity index (χ3v) is 2.26. The molecule has 0 saturated heterocycles. The maximum absolute atomic E-state index is 9.41. The van der Waals surface area contributed by atoms with Crippen molar-refractivity contribution in [1.82, 2.24) is 0 Å². The molecule has 0 amide bonds. The zero-order chi connectivity index (χ0) is 11.8. The highest BCUT2D eigenvalue weighted by atomic mass is 16.3. The summed E-state index contributed by atoms with van der Waals surface area (Å²) in [6.07, 6.45) is -0.383. The van der Waals surface area contributed by atoms with Crippen molar-refractivity contribution in [3.05, 3.63) is 30.3 Å². The number of hydrogen-bond acceptors (Lipinski definition) is 4. The van der Waals surface area contributed by atoms with Gasteiger partial charge in [0.15, 0.2) is 0 Å². The molecule has 4 heteroatoms. The Balaban J connectivity index is 2.68. The number of nitriles is 1. The quantitative estimate of drug-likeness (QED) is 0.742. The molecular weight excluding hydrogens is 204 g/mol. The van der Waals surface area contributed by atoms with Crippen LogP contribution < -0.4 is 4.90 Å². The maximum atomic E-state index is 9.41. The zero-order valence-corrected chi connectivity index (χ0v) is 9.08. The molecule has 1 aromatic rings. The molecule has 0 aromatic heterocycles. The van der Waals surface area contributed by atoms with E-state index < -0.39 is 6.10 Å². The number of anilines is 1. The predicted octanol–water partition coefficient (Wildman–Crippen LogP) is 0.760. The monoisotopic (exact) mass is 220 g/mol. The minimum atomic E-state index is -0.779. The van der Waals surface area contributed by atoms with Crippen molar-refractivity contribution in [3.63, 3.8) is 0 Å². The van der Waals surface area contributed by atoms with Crippen LogP contribution in [0.1, 0.15) is 6.42 Å². The highest BCUT2D eigenvalue weighted by Crippen LogP contribution is 2.13. The van der Waals surface area contributed by atoms with E-state index in [1.807, 2.05) is 35.2 Å². The molecule has 0 saturated carbocycles. The van der Waals surface area contributed by atoms with Crippen LogP contribution in [-0.2, 0) is 0 Å². The van der Waals surface area contributed by atoms with Crippen LogP contribution in [0.4, 0.5) is 5.69 Å². The first-order valence-corrected chi connectivity index (χ1v) is 5.23. The molecule has 0 bridgehead atoms. The third-order valence-electron chi connectivity index (χ3n) is 2.26. The SMILES string of the molecule is N#CCCN(CC(O)CO)c1ccccc1. The molecule has 0 fully saturated rings. The van der Waals surface area contributed by atoms with Crippen LogP contribution in [0.5, 0.6) is 0 Å². The summed E-state index contributed by atoms with van der Waals surface area (Å²) in [5.41, 5.74) is 0.949. The van der Waals surface area contributed by atoms with Gasteiger partial charge in [-0.05, 0) is 12.1 Å². The summed E-state index contributed by atoms with van der Waals surface area (Å²) in [6.45, 7) is 0.621. The molecule has 86 valence electrons. The van der Waals surface area contributed by atoms with Gasteiger partial charge in [0.05, 0.1) is 25.2 Å². The van der Waals surface area contributed by atoms with Crippen LogP contribution in [0.25, 0.3) is 0 Å². The summed E-state index contributed by atoms with van der Waals surface area (Å²) in [5.74, 6) is 0. The number of hydrogen-bond donors (Lipinski definition) is 2. The fraction of sp³-hybridized carbons (Fsp3) is 0.417. The van der Waals surface area contributed by atoms with Crippen LogP contribution in [0.3, 0.4) is 0 Å². The van der Waals surface area contributed by atoms with E-state index in [0.717, 1.165) is 5.69 Å². The van der Waals surface area contributed by atoms with Gasteiger partial charge in [-0.15, -0.1) is 0 Å². The van der Waals surface area contributed by atoms with Crippen LogP contribution in [0.15, 0.2) is 30.3 Å². The second-order valence-electron chi connectivity index (χ2n) is 3.53. The van der Waals surface area contributed by atoms with Crippen LogP contribution in [0.2, 0.25) is 0 Å². The van der Waals surface area contributed by atoms with Gasteiger partial charge in [-0.25, -0.2) is 0 Å². The Hall–Kier alpha value is -1.57. The molecule has 4 nitrogen and oxygen atoms in total. The van der Waals surface area contributed by atoms with Crippen molar-refractivity contribution in [2.75, 3.05) is 24.6 Å². The number of aliphatic hydroxyl groups is 2. The first kappa shape index (κ1) is 12.5. The standard InChI is InChI=1S/C12H16N2O2/c13-7-4-8-14(9-12(16)10-15)11-5-2-1-3-6-11/h1-3,5-6,12,15-16H,4,8-10H2. The summed E-state index contributed by atoms with van der Waals surface area (Å²) >= 11 is 0. The van der Waals surface area contributed by atoms with Gasteiger partial charge >= 0.3 is 0 Å². The average Bonchev–Trinajstić information content (AvgIpc) is 2.35. The normalized spacial score (nSPS) is 11.8. The third kappa shape index (κ3) is 3.89. The maximum Gasteiger partial charge on any atom is 0.0945 e. The fourth-order valence-corrected chi connectivity index (χ4v) is 1.46. The lowest BCUT2D eigenvalue weighted by Gasteiger charge is -2.25. The zero-order valence-electron chi connectivity index (χ0n) is 9.08. The van der Waals surface area contributed by atoms with E-state index in [1.165, 1.54) is 0 Å². The van der Waals surface area contributed by atoms with Crippen molar-refractivity contribution in [3.8, 4) is 6.07 Å². The molecular formula is C12H16N2O2. The minimum absolute atomic E-state index is 0.268. The molecule has 1 rings (SSSR count). The Morgan fingerprint density at radius 3 is 2.56 bits per heavy atom. The predicted molar refractivity (Wildman–Crippen MR) is 62.0 cm³/mol. The highest BCUT2D eigenvalue weighted by Gasteiger charge is 2.10. The lowest BCUT2D eigenvalue weighted by molar-refractivity contribution is 0.0999. The van der Waals surface area contributed by atoms with E-state index in [9.17, 15) is 5.11 Å². The Morgan fingerprint density at radius 1 is 1.31 bits per heavy atom. The van der Waals surface area contributed by atoms with E-state index in [0.29, 0.717) is 19.5 Å². The summed E-state index contributed by atoms with van der Waals surface area (Å²) in [7, 11) is 0. The second-order valence-corrected chi connectivity index (χ2v) is 3.53. The van der Waals surface area contributed by atoms with Crippen LogP contribution in [0, 0.1) is 11.3 Å². The van der Waals surface area contributed by atoms with E-state index in [2.05, 4.69) is 6.07 Å². The first-order chi connectivity index (χ1) is 7.77. The smallest absolute Gasteiger partial charge is 0.0945 e. The summed E-state index contributed by atoms with van der Waals surface area (Å²) in [4.78, 5) is 1.89. The highest BCUT2D eigenvalue weighted by molar-refractivity contribution is 5.46. The van der Waals surface area contributed by atoms with Crippen molar-refractivity contribution >= 4 is 5.69 Å². The Labute approximate surface area is 95.4 Å². The van der Waals surface area contributed by atoms with Crippen LogP contribution >= 0.6 is 0 Å². The van der Waals surface area contributed by atoms with Gasteiger partial charge in [0.25, 0.3) is 0 Å². The largest absolute Gasteiger partial charge is 0.394 e. The first-order valence-electron chi connectivity index (χ1n) is 5.23. The number of para-hydroxylation sites is 1. The van der Waals surface area contributed by atoms with Crippen molar-refractivity contribution in [2.45, 2.75) is 12.5 Å². The van der Waals surface area contributed by atoms with Crippen molar-refractivity contribution in [2.24, 2.45) is 0 Å². The fourth-order valence-electron chi connectivity index (χ4n) is 1.46. The Kier molecular flexibility index (Phi) is 5.34. The molecule has 0 spiro atoms. The van der Waals surface area contributed by atoms with Crippen molar-refractivity contribution in [1.29, 1.82) is 5.26 Å². The minimum Gasteiger partial charge on any atom is -0.394 e. The molecule has 0 heterocycles. The Bertz CT molecular complexity index is 335. The number of nitrogens with zero attached hydrogens (tertiary/aromatic N) is 2. The summed E-state index contributed by atoms with van der Waals surface area (Å²) in [6, 6.07) is 11.6. The lowest BCUT2D eigenvalue weighted by Crippen LogP contribution is -2.35. The van der Waals surface area contributed by atoms with Gasteiger partial charge in [-0.3, -0.25) is 0 Å². The average molecular weight is 220 g/mol. The summed E-state index contributed by atoms with van der Waals surface area (Å²) < 4.78 is 0. The number of aliphatic hydroxyl groups excluding tert-OH is 2. The van der Waals surface area contributed by atoms with E-state index in [1.54, 1.807) is 0 Å². The summed E-state index contributed by atoms with van der Waals surface area (Å²) in [5, 5.41) is 26.8. The van der Waals surface area contributed by atoms with E-state index >= 15 is 0 Å². The molecule has 1 unspecified atom stereocenters. The van der Waals surface area contributed by atoms with Gasteiger partial charge in [0.2, 0.25) is 0 Å². The lowest BCUT2D eigenvalue weighted by atomic mass is 10.2. The van der Waals surface area contributed by atoms with Crippen LogP contribution in [-0.4, -0.2) is 36.0 Å². The molecule has 0 aliphatic rings. The van der Waals surface area contributed by atoms with Gasteiger partial charge in [-0.2, -0.15) is 5.26 Å².